The van der Waals surface area contributed by atoms with E-state index in [1.54, 1.807) is 20.9 Å². The molecule has 0 N–H and O–H groups in total. The van der Waals surface area contributed by atoms with E-state index < -0.39 is 0 Å². The monoisotopic (exact) mass is 328 g/mol. The molecule has 0 radical (unpaired) electrons. The predicted octanol–water partition coefficient (Wildman–Crippen LogP) is 6.37. The fourth-order valence-electron chi connectivity index (χ4n) is 4.72. The molecule has 4 atom stereocenters. The van der Waals surface area contributed by atoms with Crippen LogP contribution in [0.1, 0.15) is 55.8 Å². The van der Waals surface area contributed by atoms with Crippen LogP contribution in [0.3, 0.4) is 0 Å². The highest BCUT2D eigenvalue weighted by Crippen LogP contribution is 2.59. The first-order valence-electron chi connectivity index (χ1n) is 8.43. The van der Waals surface area contributed by atoms with E-state index in [-0.39, 0.29) is 0 Å². The van der Waals surface area contributed by atoms with Crippen molar-refractivity contribution in [3.05, 3.63) is 54.9 Å². The second-order valence-corrected chi connectivity index (χ2v) is 9.75. The molecule has 4 unspecified atom stereocenters. The molecule has 0 amide bonds. The zero-order valence-electron chi connectivity index (χ0n) is 13.8. The van der Waals surface area contributed by atoms with Crippen molar-refractivity contribution in [1.82, 2.24) is 0 Å². The van der Waals surface area contributed by atoms with Gasteiger partial charge < -0.3 is 0 Å². The fraction of sp³-hybridized carbons (Fsp3) is 0.500. The molecule has 0 nitrogen and oxygen atoms in total. The van der Waals surface area contributed by atoms with Gasteiger partial charge >= 0.3 is 0 Å². The van der Waals surface area contributed by atoms with E-state index in [9.17, 15) is 0 Å². The van der Waals surface area contributed by atoms with Crippen LogP contribution in [0.2, 0.25) is 0 Å². The van der Waals surface area contributed by atoms with Crippen LogP contribution in [-0.4, -0.2) is 0 Å². The lowest BCUT2D eigenvalue weighted by Crippen LogP contribution is -2.16. The Morgan fingerprint density at radius 3 is 2.00 bits per heavy atom. The molecule has 2 bridgehead atoms. The van der Waals surface area contributed by atoms with Gasteiger partial charge in [0, 0.05) is 19.5 Å². The van der Waals surface area contributed by atoms with Crippen molar-refractivity contribution in [2.24, 2.45) is 11.8 Å². The molecule has 4 rings (SSSR count). The molecule has 0 aromatic carbocycles. The number of fused-ring (bicyclic) bond motifs is 2. The summed E-state index contributed by atoms with van der Waals surface area (Å²) in [5, 5.41) is 0. The third-order valence-electron chi connectivity index (χ3n) is 5.61. The number of aryl methyl sites for hydroxylation is 4. The fourth-order valence-corrected chi connectivity index (χ4v) is 6.74. The van der Waals surface area contributed by atoms with Crippen LogP contribution >= 0.6 is 22.7 Å². The van der Waals surface area contributed by atoms with Crippen molar-refractivity contribution >= 4 is 22.7 Å². The van der Waals surface area contributed by atoms with Crippen LogP contribution < -0.4 is 0 Å². The molecule has 1 fully saturated rings. The third-order valence-corrected chi connectivity index (χ3v) is 7.80. The first-order valence-corrected chi connectivity index (χ1v) is 10.1. The van der Waals surface area contributed by atoms with E-state index in [1.807, 2.05) is 22.7 Å². The van der Waals surface area contributed by atoms with Gasteiger partial charge in [-0.15, -0.1) is 22.7 Å². The highest BCUT2D eigenvalue weighted by Gasteiger charge is 2.47. The maximum atomic E-state index is 2.51. The highest BCUT2D eigenvalue weighted by atomic mass is 32.1. The SMILES string of the molecule is CCc1cc(C2C3C=CC(C3)C2c2cc(C)sc2C)c(C)s1. The van der Waals surface area contributed by atoms with Crippen molar-refractivity contribution < 1.29 is 0 Å². The summed E-state index contributed by atoms with van der Waals surface area (Å²) in [6, 6.07) is 4.98. The van der Waals surface area contributed by atoms with E-state index >= 15 is 0 Å². The summed E-state index contributed by atoms with van der Waals surface area (Å²) in [4.78, 5) is 6.11. The lowest BCUT2D eigenvalue weighted by Gasteiger charge is -2.29. The molecule has 22 heavy (non-hydrogen) atoms. The average Bonchev–Trinajstić information content (AvgIpc) is 3.21. The molecular weight excluding hydrogens is 304 g/mol. The Morgan fingerprint density at radius 1 is 0.909 bits per heavy atom. The Balaban J connectivity index is 1.81. The number of rotatable bonds is 3. The van der Waals surface area contributed by atoms with Crippen molar-refractivity contribution in [1.29, 1.82) is 0 Å². The zero-order valence-corrected chi connectivity index (χ0v) is 15.5. The molecular formula is C20H24S2. The second kappa shape index (κ2) is 5.35. The minimum absolute atomic E-state index is 0.706. The van der Waals surface area contributed by atoms with Gasteiger partial charge in [0.25, 0.3) is 0 Å². The summed E-state index contributed by atoms with van der Waals surface area (Å²) in [6.45, 7) is 9.18. The summed E-state index contributed by atoms with van der Waals surface area (Å²) >= 11 is 3.99. The molecule has 0 saturated heterocycles. The van der Waals surface area contributed by atoms with Crippen LogP contribution in [0.25, 0.3) is 0 Å². The molecule has 2 aromatic heterocycles. The third kappa shape index (κ3) is 2.15. The lowest BCUT2D eigenvalue weighted by atomic mass is 9.75. The van der Waals surface area contributed by atoms with E-state index in [0.29, 0.717) is 11.8 Å². The Morgan fingerprint density at radius 2 is 1.50 bits per heavy atom. The summed E-state index contributed by atoms with van der Waals surface area (Å²) in [5.41, 5.74) is 3.28. The standard InChI is InChI=1S/C20H24S2/c1-5-16-10-18(13(4)22-16)20-15-7-6-14(9-15)19(20)17-8-11(2)21-12(17)3/h6-8,10,14-15,19-20H,5,9H2,1-4H3. The Kier molecular flexibility index (Phi) is 3.58. The van der Waals surface area contributed by atoms with Gasteiger partial charge in [0.2, 0.25) is 0 Å². The Bertz CT molecular complexity index is 731. The van der Waals surface area contributed by atoms with E-state index in [1.165, 1.54) is 22.6 Å². The first-order chi connectivity index (χ1) is 10.6. The Labute approximate surface area is 141 Å². The molecule has 2 aromatic rings. The number of allylic oxidation sites excluding steroid dienone is 2. The van der Waals surface area contributed by atoms with E-state index in [4.69, 9.17) is 0 Å². The minimum atomic E-state index is 0.706. The van der Waals surface area contributed by atoms with Crippen LogP contribution in [0.4, 0.5) is 0 Å². The molecule has 116 valence electrons. The van der Waals surface area contributed by atoms with E-state index in [2.05, 4.69) is 52.0 Å². The van der Waals surface area contributed by atoms with Crippen LogP contribution in [-0.2, 0) is 6.42 Å². The topological polar surface area (TPSA) is 0 Å². The van der Waals surface area contributed by atoms with Crippen molar-refractivity contribution in [3.63, 3.8) is 0 Å². The molecule has 0 spiro atoms. The van der Waals surface area contributed by atoms with Crippen LogP contribution in [0, 0.1) is 32.6 Å². The van der Waals surface area contributed by atoms with Gasteiger partial charge in [0.15, 0.2) is 0 Å². The van der Waals surface area contributed by atoms with Gasteiger partial charge in [0.05, 0.1) is 0 Å². The normalized spacial score (nSPS) is 29.6. The molecule has 2 aliphatic carbocycles. The number of thiophene rings is 2. The van der Waals surface area contributed by atoms with E-state index in [0.717, 1.165) is 11.8 Å². The van der Waals surface area contributed by atoms with Gasteiger partial charge in [0.1, 0.15) is 0 Å². The van der Waals surface area contributed by atoms with Gasteiger partial charge in [-0.2, -0.15) is 0 Å². The van der Waals surface area contributed by atoms with Crippen LogP contribution in [0.5, 0.6) is 0 Å². The maximum absolute atomic E-state index is 2.51. The molecule has 2 heteroatoms. The average molecular weight is 329 g/mol. The first kappa shape index (κ1) is 14.7. The highest BCUT2D eigenvalue weighted by molar-refractivity contribution is 7.12. The van der Waals surface area contributed by atoms with Gasteiger partial charge in [-0.05, 0) is 80.5 Å². The van der Waals surface area contributed by atoms with Gasteiger partial charge in [-0.1, -0.05) is 19.1 Å². The Hall–Kier alpha value is -0.860. The maximum Gasteiger partial charge on any atom is 0.00524 e. The largest absolute Gasteiger partial charge is 0.146 e. The minimum Gasteiger partial charge on any atom is -0.146 e. The van der Waals surface area contributed by atoms with Crippen molar-refractivity contribution in [2.45, 2.75) is 52.4 Å². The predicted molar refractivity (Wildman–Crippen MR) is 98.4 cm³/mol. The molecule has 2 heterocycles. The van der Waals surface area contributed by atoms with Gasteiger partial charge in [-0.25, -0.2) is 0 Å². The quantitative estimate of drug-likeness (QED) is 0.574. The molecule has 0 aliphatic heterocycles. The molecule has 2 aliphatic rings. The molecule has 1 saturated carbocycles. The summed E-state index contributed by atoms with van der Waals surface area (Å²) in [6.07, 6.45) is 7.54. The summed E-state index contributed by atoms with van der Waals surface area (Å²) in [5.74, 6) is 2.93. The van der Waals surface area contributed by atoms with Crippen molar-refractivity contribution in [2.75, 3.05) is 0 Å². The summed E-state index contributed by atoms with van der Waals surface area (Å²) < 4.78 is 0. The number of hydrogen-bond donors (Lipinski definition) is 0. The smallest absolute Gasteiger partial charge is 0.00524 e. The number of hydrogen-bond acceptors (Lipinski definition) is 2. The summed E-state index contributed by atoms with van der Waals surface area (Å²) in [7, 11) is 0. The van der Waals surface area contributed by atoms with Crippen LogP contribution in [0.15, 0.2) is 24.3 Å². The zero-order chi connectivity index (χ0) is 15.4. The second-order valence-electron chi connectivity index (χ2n) is 6.95. The van der Waals surface area contributed by atoms with Crippen molar-refractivity contribution in [3.8, 4) is 0 Å². The van der Waals surface area contributed by atoms with Gasteiger partial charge in [-0.3, -0.25) is 0 Å². The lowest BCUT2D eigenvalue weighted by molar-refractivity contribution is 0.508.